The molecule has 0 fully saturated rings. The van der Waals surface area contributed by atoms with Gasteiger partial charge in [-0.05, 0) is 42.4 Å². The fourth-order valence-corrected chi connectivity index (χ4v) is 4.12. The SMILES string of the molecule is CC(C)CCC(CSC(=O)CCCCCCCC(C)(C)C)C(C)C. The van der Waals surface area contributed by atoms with Gasteiger partial charge < -0.3 is 0 Å². The van der Waals surface area contributed by atoms with Crippen LogP contribution in [0.25, 0.3) is 0 Å². The quantitative estimate of drug-likeness (QED) is 0.314. The first-order valence-corrected chi connectivity index (χ1v) is 11.3. The Kier molecular flexibility index (Phi) is 13.3. The molecule has 0 spiro atoms. The molecule has 0 saturated carbocycles. The van der Waals surface area contributed by atoms with E-state index >= 15 is 0 Å². The molecule has 0 aliphatic carbocycles. The predicted octanol–water partition coefficient (Wildman–Crippen LogP) is 7.73. The van der Waals surface area contributed by atoms with E-state index in [0.717, 1.165) is 24.5 Å². The van der Waals surface area contributed by atoms with E-state index in [-0.39, 0.29) is 0 Å². The average Bonchev–Trinajstić information content (AvgIpc) is 2.44. The van der Waals surface area contributed by atoms with Crippen LogP contribution < -0.4 is 0 Å². The molecule has 0 aliphatic rings. The minimum absolute atomic E-state index is 0.417. The molecule has 1 nitrogen and oxygen atoms in total. The number of thioether (sulfide) groups is 1. The van der Waals surface area contributed by atoms with Crippen molar-refractivity contribution in [2.75, 3.05) is 5.75 Å². The van der Waals surface area contributed by atoms with Gasteiger partial charge in [0.15, 0.2) is 5.12 Å². The monoisotopic (exact) mass is 356 g/mol. The van der Waals surface area contributed by atoms with Crippen molar-refractivity contribution in [1.82, 2.24) is 0 Å². The lowest BCUT2D eigenvalue weighted by Crippen LogP contribution is -2.14. The van der Waals surface area contributed by atoms with Crippen LogP contribution in [0, 0.1) is 23.2 Å². The maximum Gasteiger partial charge on any atom is 0.188 e. The summed E-state index contributed by atoms with van der Waals surface area (Å²) >= 11 is 1.60. The van der Waals surface area contributed by atoms with Crippen molar-refractivity contribution in [3.05, 3.63) is 0 Å². The van der Waals surface area contributed by atoms with Gasteiger partial charge in [-0.1, -0.05) is 92.3 Å². The lowest BCUT2D eigenvalue weighted by atomic mass is 9.89. The van der Waals surface area contributed by atoms with Crippen LogP contribution in [-0.2, 0) is 4.79 Å². The molecule has 2 heteroatoms. The van der Waals surface area contributed by atoms with Crippen LogP contribution in [0.4, 0.5) is 0 Å². The average molecular weight is 357 g/mol. The van der Waals surface area contributed by atoms with Crippen molar-refractivity contribution >= 4 is 16.9 Å². The minimum atomic E-state index is 0.417. The zero-order valence-electron chi connectivity index (χ0n) is 17.6. The van der Waals surface area contributed by atoms with Crippen molar-refractivity contribution in [1.29, 1.82) is 0 Å². The van der Waals surface area contributed by atoms with Gasteiger partial charge in [0.05, 0.1) is 0 Å². The number of hydrogen-bond acceptors (Lipinski definition) is 2. The van der Waals surface area contributed by atoms with Crippen LogP contribution in [0.2, 0.25) is 0 Å². The Labute approximate surface area is 157 Å². The Morgan fingerprint density at radius 3 is 2.00 bits per heavy atom. The molecule has 0 saturated heterocycles. The Hall–Kier alpha value is 0.0200. The summed E-state index contributed by atoms with van der Waals surface area (Å²) in [6.45, 7) is 16.1. The van der Waals surface area contributed by atoms with Gasteiger partial charge >= 0.3 is 0 Å². The smallest absolute Gasteiger partial charge is 0.188 e. The largest absolute Gasteiger partial charge is 0.287 e. The molecule has 0 N–H and O–H groups in total. The van der Waals surface area contributed by atoms with Crippen molar-refractivity contribution in [2.45, 2.75) is 106 Å². The number of rotatable bonds is 13. The second kappa shape index (κ2) is 13.3. The Balaban J connectivity index is 3.70. The van der Waals surface area contributed by atoms with Gasteiger partial charge in [-0.3, -0.25) is 4.79 Å². The van der Waals surface area contributed by atoms with Crippen molar-refractivity contribution in [2.24, 2.45) is 23.2 Å². The van der Waals surface area contributed by atoms with Crippen molar-refractivity contribution in [3.8, 4) is 0 Å². The van der Waals surface area contributed by atoms with Crippen LogP contribution in [0.1, 0.15) is 106 Å². The molecule has 144 valence electrons. The van der Waals surface area contributed by atoms with E-state index < -0.39 is 0 Å². The lowest BCUT2D eigenvalue weighted by molar-refractivity contribution is -0.111. The van der Waals surface area contributed by atoms with Gasteiger partial charge in [-0.2, -0.15) is 0 Å². The maximum atomic E-state index is 12.1. The van der Waals surface area contributed by atoms with Gasteiger partial charge in [0.1, 0.15) is 0 Å². The van der Waals surface area contributed by atoms with E-state index in [1.807, 2.05) is 0 Å². The first-order valence-electron chi connectivity index (χ1n) is 10.3. The van der Waals surface area contributed by atoms with Gasteiger partial charge in [0, 0.05) is 12.2 Å². The third kappa shape index (κ3) is 15.5. The summed E-state index contributed by atoms with van der Waals surface area (Å²) in [5.74, 6) is 3.17. The molecule has 0 aliphatic heterocycles. The number of carbonyl (C=O) groups excluding carboxylic acids is 1. The van der Waals surface area contributed by atoms with Crippen LogP contribution in [-0.4, -0.2) is 10.9 Å². The molecular formula is C22H44OS. The summed E-state index contributed by atoms with van der Waals surface area (Å²) < 4.78 is 0. The van der Waals surface area contributed by atoms with E-state index in [2.05, 4.69) is 48.5 Å². The molecular weight excluding hydrogens is 312 g/mol. The van der Waals surface area contributed by atoms with Crippen LogP contribution in [0.15, 0.2) is 0 Å². The molecule has 1 unspecified atom stereocenters. The fourth-order valence-electron chi connectivity index (χ4n) is 2.88. The molecule has 0 heterocycles. The Morgan fingerprint density at radius 1 is 0.875 bits per heavy atom. The topological polar surface area (TPSA) is 17.1 Å². The van der Waals surface area contributed by atoms with E-state index in [1.54, 1.807) is 11.8 Å². The number of hydrogen-bond donors (Lipinski definition) is 0. The molecule has 0 bridgehead atoms. The highest BCUT2D eigenvalue weighted by atomic mass is 32.2. The second-order valence-corrected chi connectivity index (χ2v) is 10.6. The molecule has 1 atom stereocenters. The highest BCUT2D eigenvalue weighted by Crippen LogP contribution is 2.26. The van der Waals surface area contributed by atoms with Gasteiger partial charge in [0.2, 0.25) is 0 Å². The van der Waals surface area contributed by atoms with Crippen molar-refractivity contribution < 1.29 is 4.79 Å². The molecule has 0 aromatic carbocycles. The van der Waals surface area contributed by atoms with Crippen LogP contribution in [0.5, 0.6) is 0 Å². The fraction of sp³-hybridized carbons (Fsp3) is 0.955. The van der Waals surface area contributed by atoms with Crippen LogP contribution >= 0.6 is 11.8 Å². The summed E-state index contributed by atoms with van der Waals surface area (Å²) in [6.07, 6.45) is 10.9. The highest BCUT2D eigenvalue weighted by molar-refractivity contribution is 8.13. The first kappa shape index (κ1) is 24.0. The molecule has 0 rings (SSSR count). The number of unbranched alkanes of at least 4 members (excludes halogenated alkanes) is 4. The second-order valence-electron chi connectivity index (χ2n) is 9.49. The molecule has 24 heavy (non-hydrogen) atoms. The summed E-state index contributed by atoms with van der Waals surface area (Å²) in [4.78, 5) is 12.1. The third-order valence-electron chi connectivity index (χ3n) is 4.82. The summed E-state index contributed by atoms with van der Waals surface area (Å²) in [5.41, 5.74) is 0.467. The summed E-state index contributed by atoms with van der Waals surface area (Å²) in [7, 11) is 0. The van der Waals surface area contributed by atoms with E-state index in [4.69, 9.17) is 0 Å². The van der Waals surface area contributed by atoms with E-state index in [9.17, 15) is 4.79 Å². The lowest BCUT2D eigenvalue weighted by Gasteiger charge is -2.21. The Bertz CT molecular complexity index is 314. The summed E-state index contributed by atoms with van der Waals surface area (Å²) in [5, 5.41) is 0.417. The minimum Gasteiger partial charge on any atom is -0.287 e. The van der Waals surface area contributed by atoms with Crippen LogP contribution in [0.3, 0.4) is 0 Å². The zero-order chi connectivity index (χ0) is 18.6. The normalized spacial score (nSPS) is 13.7. The molecule has 0 aromatic heterocycles. The standard InChI is InChI=1S/C22H44OS/c1-18(2)14-15-20(19(3)4)17-24-21(23)13-11-9-8-10-12-16-22(5,6)7/h18-20H,8-17H2,1-7H3. The Morgan fingerprint density at radius 2 is 1.46 bits per heavy atom. The van der Waals surface area contributed by atoms with Gasteiger partial charge in [-0.15, -0.1) is 0 Å². The van der Waals surface area contributed by atoms with Gasteiger partial charge in [0.25, 0.3) is 0 Å². The first-order chi connectivity index (χ1) is 11.1. The maximum absolute atomic E-state index is 12.1. The summed E-state index contributed by atoms with van der Waals surface area (Å²) in [6, 6.07) is 0. The zero-order valence-corrected chi connectivity index (χ0v) is 18.4. The molecule has 0 radical (unpaired) electrons. The van der Waals surface area contributed by atoms with Gasteiger partial charge in [-0.25, -0.2) is 0 Å². The molecule has 0 aromatic rings. The highest BCUT2D eigenvalue weighted by Gasteiger charge is 2.16. The van der Waals surface area contributed by atoms with E-state index in [0.29, 0.717) is 22.4 Å². The number of carbonyl (C=O) groups is 1. The van der Waals surface area contributed by atoms with E-state index in [1.165, 1.54) is 44.9 Å². The third-order valence-corrected chi connectivity index (χ3v) is 5.94. The van der Waals surface area contributed by atoms with Crippen molar-refractivity contribution in [3.63, 3.8) is 0 Å². The molecule has 0 amide bonds. The predicted molar refractivity (Wildman–Crippen MR) is 112 cm³/mol.